The fourth-order valence-electron chi connectivity index (χ4n) is 2.39. The summed E-state index contributed by atoms with van der Waals surface area (Å²) in [6, 6.07) is 4.92. The van der Waals surface area contributed by atoms with Gasteiger partial charge in [0, 0.05) is 23.9 Å². The van der Waals surface area contributed by atoms with Gasteiger partial charge >= 0.3 is 12.0 Å². The number of hydrogen-bond acceptors (Lipinski definition) is 4. The maximum atomic E-state index is 11.8. The molecule has 2 rings (SSSR count). The molecule has 1 aliphatic carbocycles. The minimum atomic E-state index is -0.849. The maximum Gasteiger partial charge on any atom is 0.319 e. The molecule has 1 aliphatic rings. The van der Waals surface area contributed by atoms with Gasteiger partial charge in [-0.2, -0.15) is 0 Å². The lowest BCUT2D eigenvalue weighted by Crippen LogP contribution is -2.36. The van der Waals surface area contributed by atoms with Crippen molar-refractivity contribution in [3.63, 3.8) is 0 Å². The third-order valence-electron chi connectivity index (χ3n) is 3.43. The van der Waals surface area contributed by atoms with E-state index in [9.17, 15) is 19.7 Å². The summed E-state index contributed by atoms with van der Waals surface area (Å²) in [5, 5.41) is 24.7. The van der Waals surface area contributed by atoms with Crippen LogP contribution in [0.25, 0.3) is 0 Å². The van der Waals surface area contributed by atoms with Crippen molar-refractivity contribution in [3.05, 3.63) is 34.4 Å². The van der Waals surface area contributed by atoms with Crippen molar-refractivity contribution >= 4 is 23.4 Å². The van der Waals surface area contributed by atoms with E-state index in [1.54, 1.807) is 6.07 Å². The maximum absolute atomic E-state index is 11.8. The van der Waals surface area contributed by atoms with Gasteiger partial charge < -0.3 is 15.7 Å². The van der Waals surface area contributed by atoms with Crippen molar-refractivity contribution < 1.29 is 19.6 Å². The zero-order valence-corrected chi connectivity index (χ0v) is 11.1. The Balaban J connectivity index is 1.89. The summed E-state index contributed by atoms with van der Waals surface area (Å²) >= 11 is 0. The van der Waals surface area contributed by atoms with E-state index in [0.717, 1.165) is 0 Å². The highest BCUT2D eigenvalue weighted by Gasteiger charge is 2.30. The van der Waals surface area contributed by atoms with Gasteiger partial charge in [-0.25, -0.2) is 4.79 Å². The number of carboxylic acids is 1. The van der Waals surface area contributed by atoms with Gasteiger partial charge in [0.05, 0.1) is 10.8 Å². The number of amides is 2. The van der Waals surface area contributed by atoms with E-state index >= 15 is 0 Å². The molecule has 0 spiro atoms. The molecule has 1 saturated carbocycles. The van der Waals surface area contributed by atoms with E-state index in [4.69, 9.17) is 5.11 Å². The largest absolute Gasteiger partial charge is 0.481 e. The molecule has 8 nitrogen and oxygen atoms in total. The fraction of sp³-hybridized carbons (Fsp3) is 0.385. The Bertz CT molecular complexity index is 575. The summed E-state index contributed by atoms with van der Waals surface area (Å²) in [5.74, 6) is -1.27. The van der Waals surface area contributed by atoms with Crippen molar-refractivity contribution in [1.82, 2.24) is 5.32 Å². The summed E-state index contributed by atoms with van der Waals surface area (Å²) in [6.45, 7) is 0. The summed E-state index contributed by atoms with van der Waals surface area (Å²) < 4.78 is 0. The molecule has 3 N–H and O–H groups in total. The highest BCUT2D eigenvalue weighted by atomic mass is 16.6. The monoisotopic (exact) mass is 293 g/mol. The van der Waals surface area contributed by atoms with Crippen molar-refractivity contribution in [1.29, 1.82) is 0 Å². The van der Waals surface area contributed by atoms with Gasteiger partial charge in [-0.15, -0.1) is 0 Å². The number of anilines is 1. The van der Waals surface area contributed by atoms with Crippen LogP contribution in [0.4, 0.5) is 16.2 Å². The zero-order valence-electron chi connectivity index (χ0n) is 11.1. The van der Waals surface area contributed by atoms with Crippen molar-refractivity contribution in [2.45, 2.75) is 25.3 Å². The lowest BCUT2D eigenvalue weighted by molar-refractivity contribution is -0.384. The molecular formula is C13H15N3O5. The second-order valence-corrected chi connectivity index (χ2v) is 4.95. The van der Waals surface area contributed by atoms with Crippen LogP contribution < -0.4 is 10.6 Å². The first-order chi connectivity index (χ1) is 9.95. The number of hydrogen-bond donors (Lipinski definition) is 3. The Kier molecular flexibility index (Phi) is 4.36. The number of non-ortho nitro benzene ring substituents is 1. The van der Waals surface area contributed by atoms with Crippen LogP contribution >= 0.6 is 0 Å². The van der Waals surface area contributed by atoms with Gasteiger partial charge in [0.2, 0.25) is 0 Å². The van der Waals surface area contributed by atoms with Gasteiger partial charge in [-0.1, -0.05) is 6.07 Å². The second kappa shape index (κ2) is 6.21. The van der Waals surface area contributed by atoms with Gasteiger partial charge in [0.15, 0.2) is 0 Å². The number of rotatable bonds is 4. The zero-order chi connectivity index (χ0) is 15.4. The summed E-state index contributed by atoms with van der Waals surface area (Å²) in [4.78, 5) is 32.7. The molecule has 1 fully saturated rings. The summed E-state index contributed by atoms with van der Waals surface area (Å²) in [5.41, 5.74) is 0.203. The van der Waals surface area contributed by atoms with Gasteiger partial charge in [-0.3, -0.25) is 14.9 Å². The molecule has 0 aromatic heterocycles. The molecule has 1 aromatic rings. The van der Waals surface area contributed by atoms with Crippen LogP contribution in [-0.4, -0.2) is 28.1 Å². The van der Waals surface area contributed by atoms with Crippen molar-refractivity contribution in [2.24, 2.45) is 5.92 Å². The van der Waals surface area contributed by atoms with Gasteiger partial charge in [-0.05, 0) is 25.3 Å². The lowest BCUT2D eigenvalue weighted by Gasteiger charge is -2.13. The van der Waals surface area contributed by atoms with Gasteiger partial charge in [0.25, 0.3) is 5.69 Å². The van der Waals surface area contributed by atoms with E-state index in [2.05, 4.69) is 10.6 Å². The highest BCUT2D eigenvalue weighted by Crippen LogP contribution is 2.25. The average molecular weight is 293 g/mol. The number of carbonyl (C=O) groups is 2. The first-order valence-electron chi connectivity index (χ1n) is 6.50. The fourth-order valence-corrected chi connectivity index (χ4v) is 2.39. The van der Waals surface area contributed by atoms with Crippen LogP contribution in [0.15, 0.2) is 24.3 Å². The normalized spacial score (nSPS) is 20.8. The molecule has 112 valence electrons. The molecule has 0 aliphatic heterocycles. The Morgan fingerprint density at radius 3 is 2.71 bits per heavy atom. The van der Waals surface area contributed by atoms with E-state index in [-0.39, 0.29) is 11.7 Å². The topological polar surface area (TPSA) is 122 Å². The Hall–Kier alpha value is -2.64. The summed E-state index contributed by atoms with van der Waals surface area (Å²) in [7, 11) is 0. The van der Waals surface area contributed by atoms with E-state index in [1.807, 2.05) is 0 Å². The van der Waals surface area contributed by atoms with Crippen LogP contribution in [0, 0.1) is 16.0 Å². The second-order valence-electron chi connectivity index (χ2n) is 4.95. The lowest BCUT2D eigenvalue weighted by atomic mass is 10.1. The summed E-state index contributed by atoms with van der Waals surface area (Å²) in [6.07, 6.45) is 1.55. The average Bonchev–Trinajstić information content (AvgIpc) is 2.87. The predicted molar refractivity (Wildman–Crippen MR) is 74.0 cm³/mol. The first-order valence-corrected chi connectivity index (χ1v) is 6.50. The molecule has 8 heteroatoms. The number of urea groups is 1. The number of aliphatic carboxylic acids is 1. The Morgan fingerprint density at radius 2 is 2.10 bits per heavy atom. The minimum Gasteiger partial charge on any atom is -0.481 e. The molecule has 2 atom stereocenters. The molecule has 2 amide bonds. The third-order valence-corrected chi connectivity index (χ3v) is 3.43. The minimum absolute atomic E-state index is 0.111. The van der Waals surface area contributed by atoms with Crippen LogP contribution in [0.1, 0.15) is 19.3 Å². The molecule has 0 bridgehead atoms. The first kappa shape index (κ1) is 14.8. The quantitative estimate of drug-likeness (QED) is 0.578. The highest BCUT2D eigenvalue weighted by molar-refractivity contribution is 5.89. The number of benzene rings is 1. The van der Waals surface area contributed by atoms with Crippen LogP contribution in [0.3, 0.4) is 0 Å². The Morgan fingerprint density at radius 1 is 1.33 bits per heavy atom. The number of carbonyl (C=O) groups excluding carboxylic acids is 1. The number of nitrogens with zero attached hydrogens (tertiary/aromatic N) is 1. The molecule has 2 unspecified atom stereocenters. The van der Waals surface area contributed by atoms with Crippen molar-refractivity contribution in [3.8, 4) is 0 Å². The van der Waals surface area contributed by atoms with Crippen LogP contribution in [0.2, 0.25) is 0 Å². The number of carboxylic acid groups (broad SMARTS) is 1. The molecule has 0 radical (unpaired) electrons. The number of nitrogens with one attached hydrogen (secondary N) is 2. The standard InChI is InChI=1S/C13H15N3O5/c17-12(18)8-4-5-10(6-8)15-13(19)14-9-2-1-3-11(7-9)16(20)21/h1-3,7-8,10H,4-6H2,(H,17,18)(H2,14,15,19). The van der Waals surface area contributed by atoms with E-state index in [1.165, 1.54) is 18.2 Å². The van der Waals surface area contributed by atoms with Crippen LogP contribution in [0.5, 0.6) is 0 Å². The van der Waals surface area contributed by atoms with E-state index < -0.39 is 22.8 Å². The van der Waals surface area contributed by atoms with Crippen molar-refractivity contribution in [2.75, 3.05) is 5.32 Å². The smallest absolute Gasteiger partial charge is 0.319 e. The van der Waals surface area contributed by atoms with Crippen LogP contribution in [-0.2, 0) is 4.79 Å². The molecule has 0 saturated heterocycles. The SMILES string of the molecule is O=C(Nc1cccc([N+](=O)[O-])c1)NC1CCC(C(=O)O)C1. The molecule has 1 aromatic carbocycles. The Labute approximate surface area is 120 Å². The number of nitro benzene ring substituents is 1. The third kappa shape index (κ3) is 3.91. The number of nitro groups is 1. The van der Waals surface area contributed by atoms with E-state index in [0.29, 0.717) is 24.9 Å². The molecular weight excluding hydrogens is 278 g/mol. The molecule has 0 heterocycles. The van der Waals surface area contributed by atoms with Gasteiger partial charge in [0.1, 0.15) is 0 Å². The predicted octanol–water partition coefficient (Wildman–Crippen LogP) is 1.97. The molecule has 21 heavy (non-hydrogen) atoms.